The molecule has 0 aliphatic carbocycles. The van der Waals surface area contributed by atoms with Crippen LogP contribution in [-0.4, -0.2) is 19.0 Å². The molecule has 0 aliphatic rings. The first-order valence-corrected chi connectivity index (χ1v) is 8.21. The number of carbonyl (C=O) groups is 2. The molecular formula is C21H17FO6. The second kappa shape index (κ2) is 7.19. The zero-order chi connectivity index (χ0) is 20.6. The third kappa shape index (κ3) is 3.22. The molecule has 144 valence electrons. The predicted molar refractivity (Wildman–Crippen MR) is 101 cm³/mol. The Balaban J connectivity index is 2.16. The number of methoxy groups -OCH3 is 1. The van der Waals surface area contributed by atoms with Gasteiger partial charge in [0, 0.05) is 21.9 Å². The summed E-state index contributed by atoms with van der Waals surface area (Å²) in [5.41, 5.74) is 0.409. The van der Waals surface area contributed by atoms with Crippen molar-refractivity contribution in [3.63, 3.8) is 0 Å². The molecule has 0 spiro atoms. The van der Waals surface area contributed by atoms with Gasteiger partial charge in [-0.1, -0.05) is 13.2 Å². The van der Waals surface area contributed by atoms with Gasteiger partial charge in [-0.2, -0.15) is 4.39 Å². The number of halogens is 1. The Morgan fingerprint density at radius 3 is 1.93 bits per heavy atom. The molecule has 28 heavy (non-hydrogen) atoms. The molecule has 3 aromatic rings. The minimum Gasteiger partial charge on any atom is -0.490 e. The standard InChI is InChI=1S/C21H17FO6/c1-10(2)20(23)26-14-8-6-12-13-7-9-15(27-21(24)11(3)4)19(25-5)18(13)28-17(12)16(14)22/h6-9H,1,3H2,2,4-5H3. The van der Waals surface area contributed by atoms with E-state index in [-0.39, 0.29) is 39.6 Å². The normalized spacial score (nSPS) is 10.7. The van der Waals surface area contributed by atoms with Gasteiger partial charge in [0.15, 0.2) is 22.7 Å². The van der Waals surface area contributed by atoms with Crippen LogP contribution in [0.1, 0.15) is 13.8 Å². The lowest BCUT2D eigenvalue weighted by atomic mass is 10.1. The number of benzene rings is 2. The minimum atomic E-state index is -0.842. The minimum absolute atomic E-state index is 0.108. The fourth-order valence-corrected chi connectivity index (χ4v) is 2.54. The van der Waals surface area contributed by atoms with Gasteiger partial charge in [0.2, 0.25) is 11.6 Å². The van der Waals surface area contributed by atoms with Gasteiger partial charge in [0.25, 0.3) is 0 Å². The van der Waals surface area contributed by atoms with E-state index in [2.05, 4.69) is 13.2 Å². The summed E-state index contributed by atoms with van der Waals surface area (Å²) in [5, 5.41) is 0.984. The third-order valence-electron chi connectivity index (χ3n) is 3.94. The fourth-order valence-electron chi connectivity index (χ4n) is 2.54. The van der Waals surface area contributed by atoms with Crippen LogP contribution in [-0.2, 0) is 9.59 Å². The van der Waals surface area contributed by atoms with E-state index >= 15 is 0 Å². The van der Waals surface area contributed by atoms with E-state index in [0.29, 0.717) is 10.8 Å². The first kappa shape index (κ1) is 19.2. The summed E-state index contributed by atoms with van der Waals surface area (Å²) in [6.45, 7) is 9.96. The SMILES string of the molecule is C=C(C)C(=O)Oc1ccc2c(oc3c(OC)c(OC(=O)C(=C)C)ccc32)c1F. The molecule has 2 aromatic carbocycles. The highest BCUT2D eigenvalue weighted by Gasteiger charge is 2.22. The average molecular weight is 384 g/mol. The van der Waals surface area contributed by atoms with Crippen LogP contribution in [0, 0.1) is 5.82 Å². The first-order valence-electron chi connectivity index (χ1n) is 8.21. The summed E-state index contributed by atoms with van der Waals surface area (Å²) in [6.07, 6.45) is 0. The zero-order valence-electron chi connectivity index (χ0n) is 15.6. The van der Waals surface area contributed by atoms with Crippen molar-refractivity contribution < 1.29 is 32.6 Å². The monoisotopic (exact) mass is 384 g/mol. The predicted octanol–water partition coefficient (Wildman–Crippen LogP) is 4.70. The van der Waals surface area contributed by atoms with Gasteiger partial charge in [0.1, 0.15) is 0 Å². The van der Waals surface area contributed by atoms with Gasteiger partial charge >= 0.3 is 11.9 Å². The summed E-state index contributed by atoms with van der Waals surface area (Å²) >= 11 is 0. The molecule has 0 unspecified atom stereocenters. The maximum absolute atomic E-state index is 14.8. The Kier molecular flexibility index (Phi) is 4.92. The quantitative estimate of drug-likeness (QED) is 0.361. The van der Waals surface area contributed by atoms with Crippen LogP contribution in [0.2, 0.25) is 0 Å². The highest BCUT2D eigenvalue weighted by atomic mass is 19.1. The van der Waals surface area contributed by atoms with Crippen LogP contribution in [0.15, 0.2) is 53.0 Å². The Labute approximate surface area is 159 Å². The number of furan rings is 1. The molecule has 0 saturated heterocycles. The van der Waals surface area contributed by atoms with Crippen molar-refractivity contribution in [3.05, 3.63) is 54.4 Å². The topological polar surface area (TPSA) is 75.0 Å². The molecule has 0 saturated carbocycles. The van der Waals surface area contributed by atoms with Gasteiger partial charge in [0.05, 0.1) is 7.11 Å². The summed E-state index contributed by atoms with van der Waals surface area (Å²) in [4.78, 5) is 23.5. The smallest absolute Gasteiger partial charge is 0.338 e. The van der Waals surface area contributed by atoms with Crippen LogP contribution in [0.4, 0.5) is 4.39 Å². The molecule has 0 amide bonds. The Morgan fingerprint density at radius 1 is 0.893 bits per heavy atom. The molecule has 7 heteroatoms. The van der Waals surface area contributed by atoms with Gasteiger partial charge in [-0.15, -0.1) is 0 Å². The number of esters is 2. The van der Waals surface area contributed by atoms with E-state index in [1.54, 1.807) is 12.1 Å². The van der Waals surface area contributed by atoms with Crippen molar-refractivity contribution in [1.82, 2.24) is 0 Å². The molecule has 3 rings (SSSR count). The maximum Gasteiger partial charge on any atom is 0.338 e. The summed E-state index contributed by atoms with van der Waals surface area (Å²) in [5.74, 6) is -2.27. The fraction of sp³-hybridized carbons (Fsp3) is 0.143. The van der Waals surface area contributed by atoms with Crippen LogP contribution in [0.5, 0.6) is 17.2 Å². The van der Waals surface area contributed by atoms with Gasteiger partial charge in [-0.25, -0.2) is 9.59 Å². The lowest BCUT2D eigenvalue weighted by Crippen LogP contribution is -2.09. The van der Waals surface area contributed by atoms with E-state index in [1.165, 1.54) is 33.1 Å². The van der Waals surface area contributed by atoms with Crippen molar-refractivity contribution in [2.24, 2.45) is 0 Å². The van der Waals surface area contributed by atoms with Crippen molar-refractivity contribution in [1.29, 1.82) is 0 Å². The highest BCUT2D eigenvalue weighted by molar-refractivity contribution is 6.08. The third-order valence-corrected chi connectivity index (χ3v) is 3.94. The second-order valence-electron chi connectivity index (χ2n) is 6.17. The summed E-state index contributed by atoms with van der Waals surface area (Å²) < 4.78 is 36.0. The molecule has 1 heterocycles. The van der Waals surface area contributed by atoms with Gasteiger partial charge in [-0.3, -0.25) is 0 Å². The molecular weight excluding hydrogens is 367 g/mol. The van der Waals surface area contributed by atoms with E-state index in [4.69, 9.17) is 18.6 Å². The van der Waals surface area contributed by atoms with Crippen molar-refractivity contribution in [3.8, 4) is 17.2 Å². The van der Waals surface area contributed by atoms with Crippen LogP contribution >= 0.6 is 0 Å². The molecule has 0 radical (unpaired) electrons. The number of rotatable bonds is 5. The molecule has 1 aromatic heterocycles. The molecule has 0 fully saturated rings. The molecule has 0 bridgehead atoms. The second-order valence-corrected chi connectivity index (χ2v) is 6.17. The van der Waals surface area contributed by atoms with Gasteiger partial charge < -0.3 is 18.6 Å². The zero-order valence-corrected chi connectivity index (χ0v) is 15.6. The summed E-state index contributed by atoms with van der Waals surface area (Å²) in [6, 6.07) is 6.02. The van der Waals surface area contributed by atoms with E-state index in [9.17, 15) is 14.0 Å². The Morgan fingerprint density at radius 2 is 1.39 bits per heavy atom. The van der Waals surface area contributed by atoms with Crippen molar-refractivity contribution in [2.45, 2.75) is 13.8 Å². The van der Waals surface area contributed by atoms with Crippen molar-refractivity contribution in [2.75, 3.05) is 7.11 Å². The number of hydrogen-bond donors (Lipinski definition) is 0. The Bertz CT molecular complexity index is 1150. The number of carbonyl (C=O) groups excluding carboxylic acids is 2. The Hall–Kier alpha value is -3.61. The molecule has 0 aliphatic heterocycles. The van der Waals surface area contributed by atoms with Gasteiger partial charge in [-0.05, 0) is 38.1 Å². The molecule has 0 atom stereocenters. The largest absolute Gasteiger partial charge is 0.490 e. The average Bonchev–Trinajstić information content (AvgIpc) is 3.03. The molecule has 6 nitrogen and oxygen atoms in total. The number of ether oxygens (including phenoxy) is 3. The lowest BCUT2D eigenvalue weighted by molar-refractivity contribution is -0.131. The number of hydrogen-bond acceptors (Lipinski definition) is 6. The van der Waals surface area contributed by atoms with Crippen LogP contribution in [0.25, 0.3) is 21.9 Å². The molecule has 0 N–H and O–H groups in total. The number of fused-ring (bicyclic) bond motifs is 3. The lowest BCUT2D eigenvalue weighted by Gasteiger charge is -2.09. The summed E-state index contributed by atoms with van der Waals surface area (Å²) in [7, 11) is 1.37. The van der Waals surface area contributed by atoms with E-state index in [0.717, 1.165) is 0 Å². The van der Waals surface area contributed by atoms with Crippen molar-refractivity contribution >= 4 is 33.9 Å². The van der Waals surface area contributed by atoms with E-state index < -0.39 is 17.8 Å². The maximum atomic E-state index is 14.8. The van der Waals surface area contributed by atoms with Crippen LogP contribution in [0.3, 0.4) is 0 Å². The van der Waals surface area contributed by atoms with E-state index in [1.807, 2.05) is 0 Å². The highest BCUT2D eigenvalue weighted by Crippen LogP contribution is 2.42. The van der Waals surface area contributed by atoms with Crippen LogP contribution < -0.4 is 14.2 Å². The first-order chi connectivity index (χ1) is 13.2.